The smallest absolute Gasteiger partial charge is 0.170 e. The molecular formula is C14H21N3O2. The highest BCUT2D eigenvalue weighted by Gasteiger charge is 2.19. The third-order valence-corrected chi connectivity index (χ3v) is 3.60. The second kappa shape index (κ2) is 6.43. The molecule has 5 heteroatoms. The Labute approximate surface area is 113 Å². The molecule has 0 aliphatic carbocycles. The fourth-order valence-corrected chi connectivity index (χ4v) is 2.39. The van der Waals surface area contributed by atoms with Gasteiger partial charge in [-0.25, -0.2) is 0 Å². The first kappa shape index (κ1) is 13.7. The number of benzene rings is 1. The molecule has 5 nitrogen and oxygen atoms in total. The third kappa shape index (κ3) is 3.61. The van der Waals surface area contributed by atoms with Crippen LogP contribution in [0.4, 0.5) is 0 Å². The van der Waals surface area contributed by atoms with Crippen LogP contribution in [0.2, 0.25) is 0 Å². The molecule has 1 aliphatic heterocycles. The predicted octanol–water partition coefficient (Wildman–Crippen LogP) is 1.64. The van der Waals surface area contributed by atoms with Crippen LogP contribution in [0.15, 0.2) is 29.4 Å². The van der Waals surface area contributed by atoms with E-state index in [0.717, 1.165) is 12.3 Å². The number of likely N-dealkylation sites (tertiary alicyclic amines) is 1. The molecule has 2 rings (SSSR count). The Morgan fingerprint density at radius 2 is 2.21 bits per heavy atom. The predicted molar refractivity (Wildman–Crippen MR) is 74.7 cm³/mol. The second-order valence-corrected chi connectivity index (χ2v) is 4.89. The highest BCUT2D eigenvalue weighted by Crippen LogP contribution is 2.16. The molecule has 0 radical (unpaired) electrons. The van der Waals surface area contributed by atoms with E-state index >= 15 is 0 Å². The summed E-state index contributed by atoms with van der Waals surface area (Å²) in [5, 5.41) is 11.5. The molecule has 1 aromatic rings. The van der Waals surface area contributed by atoms with Crippen LogP contribution in [-0.4, -0.2) is 41.7 Å². The molecule has 1 saturated heterocycles. The van der Waals surface area contributed by atoms with Crippen LogP contribution >= 0.6 is 0 Å². The van der Waals surface area contributed by atoms with Crippen molar-refractivity contribution in [1.29, 1.82) is 0 Å². The Kier molecular flexibility index (Phi) is 4.63. The van der Waals surface area contributed by atoms with Crippen molar-refractivity contribution in [2.24, 2.45) is 10.9 Å². The zero-order chi connectivity index (χ0) is 13.7. The average Bonchev–Trinajstić information content (AvgIpc) is 2.84. The number of amidine groups is 1. The maximum atomic E-state index is 8.57. The SMILES string of the molecule is CC1CCCN1CCOc1ccc(/C(N)=N/O)cc1. The van der Waals surface area contributed by atoms with Gasteiger partial charge in [0.2, 0.25) is 0 Å². The van der Waals surface area contributed by atoms with Gasteiger partial charge in [-0.05, 0) is 50.6 Å². The molecule has 0 amide bonds. The Bertz CT molecular complexity index is 431. The van der Waals surface area contributed by atoms with Gasteiger partial charge in [-0.15, -0.1) is 0 Å². The number of hydrogen-bond donors (Lipinski definition) is 2. The van der Waals surface area contributed by atoms with E-state index in [-0.39, 0.29) is 5.84 Å². The van der Waals surface area contributed by atoms with Gasteiger partial charge in [-0.1, -0.05) is 5.16 Å². The standard InChI is InChI=1S/C14H21N3O2/c1-11-3-2-8-17(11)9-10-19-13-6-4-12(5-7-13)14(15)16-18/h4-7,11,18H,2-3,8-10H2,1H3,(H2,15,16). The first-order valence-electron chi connectivity index (χ1n) is 6.65. The lowest BCUT2D eigenvalue weighted by Crippen LogP contribution is -2.31. The summed E-state index contributed by atoms with van der Waals surface area (Å²) in [6, 6.07) is 7.90. The fourth-order valence-electron chi connectivity index (χ4n) is 2.39. The Hall–Kier alpha value is -1.75. The van der Waals surface area contributed by atoms with Gasteiger partial charge >= 0.3 is 0 Å². The highest BCUT2D eigenvalue weighted by atomic mass is 16.5. The number of nitrogens with two attached hydrogens (primary N) is 1. The van der Waals surface area contributed by atoms with Crippen LogP contribution in [0, 0.1) is 0 Å². The molecule has 1 fully saturated rings. The van der Waals surface area contributed by atoms with Crippen LogP contribution in [0.25, 0.3) is 0 Å². The van der Waals surface area contributed by atoms with Crippen molar-refractivity contribution in [3.63, 3.8) is 0 Å². The summed E-state index contributed by atoms with van der Waals surface area (Å²) in [4.78, 5) is 2.45. The average molecular weight is 263 g/mol. The zero-order valence-electron chi connectivity index (χ0n) is 11.2. The number of nitrogens with zero attached hydrogens (tertiary/aromatic N) is 2. The molecule has 1 unspecified atom stereocenters. The molecule has 0 spiro atoms. The molecule has 19 heavy (non-hydrogen) atoms. The van der Waals surface area contributed by atoms with Gasteiger partial charge < -0.3 is 15.7 Å². The van der Waals surface area contributed by atoms with E-state index < -0.39 is 0 Å². The van der Waals surface area contributed by atoms with Crippen molar-refractivity contribution >= 4 is 5.84 Å². The van der Waals surface area contributed by atoms with Crippen molar-refractivity contribution < 1.29 is 9.94 Å². The van der Waals surface area contributed by atoms with Crippen LogP contribution < -0.4 is 10.5 Å². The molecule has 1 atom stereocenters. The number of ether oxygens (including phenoxy) is 1. The summed E-state index contributed by atoms with van der Waals surface area (Å²) >= 11 is 0. The minimum atomic E-state index is 0.109. The van der Waals surface area contributed by atoms with Gasteiger partial charge in [-0.3, -0.25) is 4.90 Å². The summed E-state index contributed by atoms with van der Waals surface area (Å²) in [5.41, 5.74) is 6.18. The first-order valence-corrected chi connectivity index (χ1v) is 6.65. The summed E-state index contributed by atoms with van der Waals surface area (Å²) in [6.45, 7) is 5.09. The molecule has 1 aromatic carbocycles. The van der Waals surface area contributed by atoms with Gasteiger partial charge in [0.05, 0.1) is 0 Å². The number of hydrogen-bond acceptors (Lipinski definition) is 4. The molecule has 0 bridgehead atoms. The minimum absolute atomic E-state index is 0.109. The second-order valence-electron chi connectivity index (χ2n) is 4.89. The normalized spacial score (nSPS) is 20.7. The van der Waals surface area contributed by atoms with Gasteiger partial charge in [-0.2, -0.15) is 0 Å². The monoisotopic (exact) mass is 263 g/mol. The molecule has 104 valence electrons. The van der Waals surface area contributed by atoms with E-state index in [1.807, 2.05) is 12.1 Å². The quantitative estimate of drug-likeness (QED) is 0.367. The molecule has 3 N–H and O–H groups in total. The van der Waals surface area contributed by atoms with Crippen molar-refractivity contribution in [2.75, 3.05) is 19.7 Å². The number of rotatable bonds is 5. The summed E-state index contributed by atoms with van der Waals surface area (Å²) in [6.07, 6.45) is 2.57. The van der Waals surface area contributed by atoms with Gasteiger partial charge in [0, 0.05) is 18.2 Å². The van der Waals surface area contributed by atoms with Crippen molar-refractivity contribution in [3.05, 3.63) is 29.8 Å². The van der Waals surface area contributed by atoms with Crippen molar-refractivity contribution in [3.8, 4) is 5.75 Å². The Morgan fingerprint density at radius 3 is 2.79 bits per heavy atom. The minimum Gasteiger partial charge on any atom is -0.492 e. The Balaban J connectivity index is 1.80. The molecule has 1 aliphatic rings. The zero-order valence-corrected chi connectivity index (χ0v) is 11.2. The maximum Gasteiger partial charge on any atom is 0.170 e. The largest absolute Gasteiger partial charge is 0.492 e. The van der Waals surface area contributed by atoms with E-state index in [0.29, 0.717) is 18.2 Å². The van der Waals surface area contributed by atoms with Gasteiger partial charge in [0.25, 0.3) is 0 Å². The van der Waals surface area contributed by atoms with Crippen LogP contribution in [0.3, 0.4) is 0 Å². The lowest BCUT2D eigenvalue weighted by Gasteiger charge is -2.20. The lowest BCUT2D eigenvalue weighted by molar-refractivity contribution is 0.204. The fraction of sp³-hybridized carbons (Fsp3) is 0.500. The van der Waals surface area contributed by atoms with E-state index in [1.165, 1.54) is 19.4 Å². The Morgan fingerprint density at radius 1 is 1.47 bits per heavy atom. The van der Waals surface area contributed by atoms with Crippen molar-refractivity contribution in [1.82, 2.24) is 4.90 Å². The molecular weight excluding hydrogens is 242 g/mol. The van der Waals surface area contributed by atoms with Crippen LogP contribution in [-0.2, 0) is 0 Å². The van der Waals surface area contributed by atoms with E-state index in [4.69, 9.17) is 15.7 Å². The highest BCUT2D eigenvalue weighted by molar-refractivity contribution is 5.97. The van der Waals surface area contributed by atoms with Crippen LogP contribution in [0.1, 0.15) is 25.3 Å². The van der Waals surface area contributed by atoms with E-state index in [1.54, 1.807) is 12.1 Å². The molecule has 0 aromatic heterocycles. The molecule has 0 saturated carbocycles. The summed E-state index contributed by atoms with van der Waals surface area (Å²) in [5.74, 6) is 0.916. The first-order chi connectivity index (χ1) is 9.20. The van der Waals surface area contributed by atoms with E-state index in [9.17, 15) is 0 Å². The van der Waals surface area contributed by atoms with Gasteiger partial charge in [0.15, 0.2) is 5.84 Å². The van der Waals surface area contributed by atoms with Crippen molar-refractivity contribution in [2.45, 2.75) is 25.8 Å². The third-order valence-electron chi connectivity index (χ3n) is 3.60. The summed E-state index contributed by atoms with van der Waals surface area (Å²) < 4.78 is 5.70. The van der Waals surface area contributed by atoms with Gasteiger partial charge in [0.1, 0.15) is 12.4 Å². The topological polar surface area (TPSA) is 71.1 Å². The van der Waals surface area contributed by atoms with Crippen LogP contribution in [0.5, 0.6) is 5.75 Å². The number of oxime groups is 1. The molecule has 1 heterocycles. The maximum absolute atomic E-state index is 8.57. The van der Waals surface area contributed by atoms with E-state index in [2.05, 4.69) is 17.0 Å². The summed E-state index contributed by atoms with van der Waals surface area (Å²) in [7, 11) is 0. The lowest BCUT2D eigenvalue weighted by atomic mass is 10.2.